The Bertz CT molecular complexity index is 200. The van der Waals surface area contributed by atoms with Gasteiger partial charge in [0.2, 0.25) is 0 Å². The Morgan fingerprint density at radius 2 is 2.23 bits per heavy atom. The van der Waals surface area contributed by atoms with E-state index in [2.05, 4.69) is 10.6 Å². The minimum atomic E-state index is -0.613. The van der Waals surface area contributed by atoms with Crippen molar-refractivity contribution in [3.8, 4) is 0 Å². The van der Waals surface area contributed by atoms with Gasteiger partial charge < -0.3 is 15.4 Å². The first-order chi connectivity index (χ1) is 6.24. The quantitative estimate of drug-likeness (QED) is 0.545. The third kappa shape index (κ3) is 3.02. The Balaban J connectivity index is 2.17. The summed E-state index contributed by atoms with van der Waals surface area (Å²) in [6, 6.07) is 0. The molecule has 13 heavy (non-hydrogen) atoms. The monoisotopic (exact) mass is 186 g/mol. The molecule has 1 aliphatic rings. The molecule has 1 aliphatic heterocycles. The van der Waals surface area contributed by atoms with Crippen LogP contribution in [0.15, 0.2) is 0 Å². The fourth-order valence-corrected chi connectivity index (χ4v) is 1.21. The predicted octanol–water partition coefficient (Wildman–Crippen LogP) is -0.972. The van der Waals surface area contributed by atoms with Crippen molar-refractivity contribution in [3.63, 3.8) is 0 Å². The van der Waals surface area contributed by atoms with Gasteiger partial charge in [-0.05, 0) is 12.8 Å². The van der Waals surface area contributed by atoms with Gasteiger partial charge in [-0.25, -0.2) is 0 Å². The van der Waals surface area contributed by atoms with Gasteiger partial charge in [-0.3, -0.25) is 9.59 Å². The summed E-state index contributed by atoms with van der Waals surface area (Å²) >= 11 is 0. The van der Waals surface area contributed by atoms with Crippen LogP contribution in [0.3, 0.4) is 0 Å². The maximum atomic E-state index is 11.0. The number of hydrogen-bond acceptors (Lipinski definition) is 3. The van der Waals surface area contributed by atoms with Crippen molar-refractivity contribution in [2.24, 2.45) is 0 Å². The number of amides is 2. The van der Waals surface area contributed by atoms with Crippen LogP contribution < -0.4 is 10.6 Å². The van der Waals surface area contributed by atoms with E-state index in [-0.39, 0.29) is 6.10 Å². The second-order valence-corrected chi connectivity index (χ2v) is 2.92. The summed E-state index contributed by atoms with van der Waals surface area (Å²) in [6.07, 6.45) is 2.06. The second kappa shape index (κ2) is 4.81. The first kappa shape index (κ1) is 9.98. The minimum Gasteiger partial charge on any atom is -0.376 e. The molecule has 5 nitrogen and oxygen atoms in total. The van der Waals surface area contributed by atoms with Gasteiger partial charge in [-0.15, -0.1) is 0 Å². The molecule has 0 spiro atoms. The lowest BCUT2D eigenvalue weighted by Gasteiger charge is -2.09. The van der Waals surface area contributed by atoms with Crippen LogP contribution in [0.4, 0.5) is 0 Å². The van der Waals surface area contributed by atoms with Crippen molar-refractivity contribution in [2.75, 3.05) is 20.2 Å². The predicted molar refractivity (Wildman–Crippen MR) is 46.1 cm³/mol. The molecule has 74 valence electrons. The zero-order valence-corrected chi connectivity index (χ0v) is 7.63. The van der Waals surface area contributed by atoms with Crippen LogP contribution >= 0.6 is 0 Å². The van der Waals surface area contributed by atoms with Crippen LogP contribution in [0, 0.1) is 0 Å². The van der Waals surface area contributed by atoms with Crippen LogP contribution in [0.2, 0.25) is 0 Å². The van der Waals surface area contributed by atoms with Crippen molar-refractivity contribution >= 4 is 11.8 Å². The van der Waals surface area contributed by atoms with Gasteiger partial charge in [-0.1, -0.05) is 0 Å². The summed E-state index contributed by atoms with van der Waals surface area (Å²) in [6.45, 7) is 1.17. The molecule has 0 saturated carbocycles. The van der Waals surface area contributed by atoms with Gasteiger partial charge in [0.05, 0.1) is 6.10 Å². The molecule has 0 aromatic rings. The molecule has 1 heterocycles. The molecular formula is C8H14N2O3. The van der Waals surface area contributed by atoms with Crippen LogP contribution in [0.1, 0.15) is 12.8 Å². The van der Waals surface area contributed by atoms with Crippen LogP contribution in [-0.4, -0.2) is 38.1 Å². The Hall–Kier alpha value is -1.10. The van der Waals surface area contributed by atoms with Gasteiger partial charge in [0, 0.05) is 20.2 Å². The Morgan fingerprint density at radius 3 is 2.77 bits per heavy atom. The zero-order chi connectivity index (χ0) is 9.68. The lowest BCUT2D eigenvalue weighted by atomic mass is 10.2. The highest BCUT2D eigenvalue weighted by Gasteiger charge is 2.18. The molecule has 5 heteroatoms. The number of ether oxygens (including phenoxy) is 1. The normalized spacial score (nSPS) is 21.2. The van der Waals surface area contributed by atoms with Crippen LogP contribution in [-0.2, 0) is 14.3 Å². The fraction of sp³-hybridized carbons (Fsp3) is 0.750. The van der Waals surface area contributed by atoms with E-state index in [0.717, 1.165) is 19.4 Å². The Labute approximate surface area is 76.8 Å². The van der Waals surface area contributed by atoms with E-state index in [1.165, 1.54) is 7.05 Å². The molecule has 1 fully saturated rings. The fourth-order valence-electron chi connectivity index (χ4n) is 1.21. The number of carbonyl (C=O) groups excluding carboxylic acids is 2. The maximum Gasteiger partial charge on any atom is 0.309 e. The van der Waals surface area contributed by atoms with Crippen molar-refractivity contribution in [3.05, 3.63) is 0 Å². The maximum absolute atomic E-state index is 11.0. The molecular weight excluding hydrogens is 172 g/mol. The summed E-state index contributed by atoms with van der Waals surface area (Å²) < 4.78 is 5.27. The van der Waals surface area contributed by atoms with E-state index in [1.807, 2.05) is 0 Å². The lowest BCUT2D eigenvalue weighted by Crippen LogP contribution is -2.41. The molecule has 0 aliphatic carbocycles. The summed E-state index contributed by atoms with van der Waals surface area (Å²) in [5, 5.41) is 4.75. The second-order valence-electron chi connectivity index (χ2n) is 2.92. The summed E-state index contributed by atoms with van der Waals surface area (Å²) in [5.41, 5.74) is 0. The summed E-state index contributed by atoms with van der Waals surface area (Å²) in [4.78, 5) is 21.7. The summed E-state index contributed by atoms with van der Waals surface area (Å²) in [5.74, 6) is -1.21. The van der Waals surface area contributed by atoms with Gasteiger partial charge in [0.15, 0.2) is 0 Å². The SMILES string of the molecule is CNC(=O)C(=O)NC[C@H]1CCCO1. The van der Waals surface area contributed by atoms with Crippen molar-refractivity contribution < 1.29 is 14.3 Å². The smallest absolute Gasteiger partial charge is 0.309 e. The largest absolute Gasteiger partial charge is 0.376 e. The van der Waals surface area contributed by atoms with Gasteiger partial charge >= 0.3 is 11.8 Å². The molecule has 2 amide bonds. The van der Waals surface area contributed by atoms with E-state index in [1.54, 1.807) is 0 Å². The van der Waals surface area contributed by atoms with Crippen LogP contribution in [0.25, 0.3) is 0 Å². The van der Waals surface area contributed by atoms with E-state index >= 15 is 0 Å². The standard InChI is InChI=1S/C8H14N2O3/c1-9-7(11)8(12)10-5-6-3-2-4-13-6/h6H,2-5H2,1H3,(H,9,11)(H,10,12)/t6-/m1/s1. The molecule has 1 rings (SSSR count). The number of nitrogens with one attached hydrogen (secondary N) is 2. The minimum absolute atomic E-state index is 0.0774. The first-order valence-corrected chi connectivity index (χ1v) is 4.35. The van der Waals surface area contributed by atoms with Gasteiger partial charge in [0.25, 0.3) is 0 Å². The molecule has 1 atom stereocenters. The highest BCUT2D eigenvalue weighted by atomic mass is 16.5. The van der Waals surface area contributed by atoms with Crippen molar-refractivity contribution in [2.45, 2.75) is 18.9 Å². The molecule has 0 aromatic carbocycles. The van der Waals surface area contributed by atoms with E-state index in [0.29, 0.717) is 6.54 Å². The van der Waals surface area contributed by atoms with Gasteiger partial charge in [-0.2, -0.15) is 0 Å². The molecule has 0 radical (unpaired) electrons. The van der Waals surface area contributed by atoms with Crippen molar-refractivity contribution in [1.29, 1.82) is 0 Å². The average molecular weight is 186 g/mol. The number of carbonyl (C=O) groups is 2. The van der Waals surface area contributed by atoms with E-state index in [9.17, 15) is 9.59 Å². The lowest BCUT2D eigenvalue weighted by molar-refractivity contribution is -0.139. The molecule has 0 bridgehead atoms. The molecule has 1 saturated heterocycles. The number of hydrogen-bond donors (Lipinski definition) is 2. The Morgan fingerprint density at radius 1 is 1.46 bits per heavy atom. The highest BCUT2D eigenvalue weighted by Crippen LogP contribution is 2.10. The van der Waals surface area contributed by atoms with Crippen molar-refractivity contribution in [1.82, 2.24) is 10.6 Å². The van der Waals surface area contributed by atoms with E-state index < -0.39 is 11.8 Å². The zero-order valence-electron chi connectivity index (χ0n) is 7.63. The third-order valence-corrected chi connectivity index (χ3v) is 1.95. The summed E-state index contributed by atoms with van der Waals surface area (Å²) in [7, 11) is 1.42. The number of likely N-dealkylation sites (N-methyl/N-ethyl adjacent to an activating group) is 1. The molecule has 2 N–H and O–H groups in total. The highest BCUT2D eigenvalue weighted by molar-refractivity contribution is 6.34. The molecule has 0 unspecified atom stereocenters. The molecule has 0 aromatic heterocycles. The third-order valence-electron chi connectivity index (χ3n) is 1.95. The topological polar surface area (TPSA) is 67.4 Å². The van der Waals surface area contributed by atoms with Crippen LogP contribution in [0.5, 0.6) is 0 Å². The Kier molecular flexibility index (Phi) is 3.70. The number of rotatable bonds is 2. The first-order valence-electron chi connectivity index (χ1n) is 4.35. The van der Waals surface area contributed by atoms with Gasteiger partial charge in [0.1, 0.15) is 0 Å². The van der Waals surface area contributed by atoms with E-state index in [4.69, 9.17) is 4.74 Å². The average Bonchev–Trinajstić information content (AvgIpc) is 2.65.